The molecule has 2 aromatic rings. The van der Waals surface area contributed by atoms with Crippen molar-refractivity contribution >= 4 is 27.5 Å². The number of rotatable bonds is 10. The van der Waals surface area contributed by atoms with Gasteiger partial charge in [0.15, 0.2) is 0 Å². The van der Waals surface area contributed by atoms with E-state index in [1.165, 1.54) is 43.2 Å². The SMILES string of the molecule is COc1ccccc1N(CC(=O)N(Cc1ccccc1F)C(C)C(=O)NC(C)C)S(C)(=O)=O. The van der Waals surface area contributed by atoms with E-state index in [0.717, 1.165) is 10.6 Å². The molecule has 10 heteroatoms. The normalized spacial score (nSPS) is 12.2. The van der Waals surface area contributed by atoms with Crippen LogP contribution in [0.25, 0.3) is 0 Å². The molecule has 0 aliphatic heterocycles. The number of carbonyl (C=O) groups excluding carboxylic acids is 2. The molecule has 0 aliphatic rings. The summed E-state index contributed by atoms with van der Waals surface area (Å²) in [6.45, 7) is 4.28. The molecule has 0 aromatic heterocycles. The lowest BCUT2D eigenvalue weighted by Gasteiger charge is -2.32. The molecule has 1 atom stereocenters. The summed E-state index contributed by atoms with van der Waals surface area (Å²) in [4.78, 5) is 27.2. The van der Waals surface area contributed by atoms with Crippen LogP contribution in [-0.2, 0) is 26.2 Å². The zero-order valence-electron chi connectivity index (χ0n) is 19.4. The number of sulfonamides is 1. The highest BCUT2D eigenvalue weighted by Crippen LogP contribution is 2.29. The van der Waals surface area contributed by atoms with Gasteiger partial charge in [0.05, 0.1) is 19.1 Å². The molecule has 0 fully saturated rings. The first-order chi connectivity index (χ1) is 15.5. The van der Waals surface area contributed by atoms with Crippen LogP contribution in [0.3, 0.4) is 0 Å². The van der Waals surface area contributed by atoms with E-state index in [9.17, 15) is 22.4 Å². The Hall–Kier alpha value is -3.14. The summed E-state index contributed by atoms with van der Waals surface area (Å²) < 4.78 is 45.7. The minimum Gasteiger partial charge on any atom is -0.495 e. The number of hydrogen-bond donors (Lipinski definition) is 1. The summed E-state index contributed by atoms with van der Waals surface area (Å²) in [6, 6.07) is 11.2. The number of nitrogens with one attached hydrogen (secondary N) is 1. The zero-order valence-corrected chi connectivity index (χ0v) is 20.2. The summed E-state index contributed by atoms with van der Waals surface area (Å²) in [5.41, 5.74) is 0.388. The molecule has 0 radical (unpaired) electrons. The Morgan fingerprint density at radius 1 is 1.06 bits per heavy atom. The number of nitrogens with zero attached hydrogens (tertiary/aromatic N) is 2. The van der Waals surface area contributed by atoms with Gasteiger partial charge in [0, 0.05) is 18.2 Å². The van der Waals surface area contributed by atoms with E-state index in [-0.39, 0.29) is 29.6 Å². The second-order valence-electron chi connectivity index (χ2n) is 7.89. The number of carbonyl (C=O) groups is 2. The average Bonchev–Trinajstić information content (AvgIpc) is 2.75. The maximum atomic E-state index is 14.3. The zero-order chi connectivity index (χ0) is 24.8. The highest BCUT2D eigenvalue weighted by Gasteiger charge is 2.31. The van der Waals surface area contributed by atoms with E-state index < -0.39 is 40.2 Å². The fraction of sp³-hybridized carbons (Fsp3) is 0.391. The van der Waals surface area contributed by atoms with Crippen LogP contribution in [0.5, 0.6) is 5.75 Å². The van der Waals surface area contributed by atoms with Crippen molar-refractivity contribution in [2.75, 3.05) is 24.2 Å². The first-order valence-electron chi connectivity index (χ1n) is 10.4. The lowest BCUT2D eigenvalue weighted by molar-refractivity contribution is -0.139. The molecule has 0 spiro atoms. The molecule has 1 unspecified atom stereocenters. The Morgan fingerprint density at radius 2 is 1.67 bits per heavy atom. The van der Waals surface area contributed by atoms with Crippen molar-refractivity contribution in [3.05, 3.63) is 59.9 Å². The Kier molecular flexibility index (Phi) is 8.81. The first kappa shape index (κ1) is 26.1. The molecule has 0 saturated heterocycles. The number of methoxy groups -OCH3 is 1. The van der Waals surface area contributed by atoms with Gasteiger partial charge in [-0.3, -0.25) is 13.9 Å². The third kappa shape index (κ3) is 6.92. The number of ether oxygens (including phenoxy) is 1. The van der Waals surface area contributed by atoms with Crippen LogP contribution in [-0.4, -0.2) is 57.1 Å². The predicted octanol–water partition coefficient (Wildman–Crippen LogP) is 2.54. The second-order valence-corrected chi connectivity index (χ2v) is 9.80. The summed E-state index contributed by atoms with van der Waals surface area (Å²) in [5.74, 6) is -1.36. The van der Waals surface area contributed by atoms with Gasteiger partial charge in [-0.25, -0.2) is 12.8 Å². The highest BCUT2D eigenvalue weighted by molar-refractivity contribution is 7.92. The second kappa shape index (κ2) is 11.1. The quantitative estimate of drug-likeness (QED) is 0.565. The molecule has 2 amide bonds. The van der Waals surface area contributed by atoms with E-state index in [0.29, 0.717) is 0 Å². The average molecular weight is 480 g/mol. The monoisotopic (exact) mass is 479 g/mol. The molecule has 2 rings (SSSR count). The smallest absolute Gasteiger partial charge is 0.244 e. The summed E-state index contributed by atoms with van der Waals surface area (Å²) in [5, 5.41) is 2.73. The van der Waals surface area contributed by atoms with Gasteiger partial charge in [-0.2, -0.15) is 0 Å². The molecule has 0 saturated carbocycles. The predicted molar refractivity (Wildman–Crippen MR) is 125 cm³/mol. The summed E-state index contributed by atoms with van der Waals surface area (Å²) in [6.07, 6.45) is 0.975. The maximum absolute atomic E-state index is 14.3. The summed E-state index contributed by atoms with van der Waals surface area (Å²) >= 11 is 0. The van der Waals surface area contributed by atoms with Gasteiger partial charge < -0.3 is 15.0 Å². The molecular formula is C23H30FN3O5S. The maximum Gasteiger partial charge on any atom is 0.244 e. The largest absolute Gasteiger partial charge is 0.495 e. The van der Waals surface area contributed by atoms with E-state index in [1.54, 1.807) is 38.1 Å². The van der Waals surface area contributed by atoms with Gasteiger partial charge in [-0.05, 0) is 39.0 Å². The number of halogens is 1. The van der Waals surface area contributed by atoms with Gasteiger partial charge >= 0.3 is 0 Å². The number of para-hydroxylation sites is 2. The highest BCUT2D eigenvalue weighted by atomic mass is 32.2. The van der Waals surface area contributed by atoms with E-state index in [2.05, 4.69) is 5.32 Å². The van der Waals surface area contributed by atoms with Gasteiger partial charge in [-0.15, -0.1) is 0 Å². The molecule has 1 N–H and O–H groups in total. The van der Waals surface area contributed by atoms with Crippen LogP contribution >= 0.6 is 0 Å². The number of amides is 2. The number of hydrogen-bond acceptors (Lipinski definition) is 5. The van der Waals surface area contributed by atoms with Crippen LogP contribution in [0.15, 0.2) is 48.5 Å². The molecular weight excluding hydrogens is 449 g/mol. The Labute approximate surface area is 194 Å². The lowest BCUT2D eigenvalue weighted by Crippen LogP contribution is -2.52. The molecule has 180 valence electrons. The molecule has 0 heterocycles. The van der Waals surface area contributed by atoms with Crippen molar-refractivity contribution in [1.82, 2.24) is 10.2 Å². The molecule has 2 aromatic carbocycles. The topological polar surface area (TPSA) is 96.0 Å². The van der Waals surface area contributed by atoms with Gasteiger partial charge in [0.1, 0.15) is 24.2 Å². The van der Waals surface area contributed by atoms with Crippen molar-refractivity contribution in [3.63, 3.8) is 0 Å². The molecule has 8 nitrogen and oxygen atoms in total. The van der Waals surface area contributed by atoms with Crippen molar-refractivity contribution in [2.24, 2.45) is 0 Å². The van der Waals surface area contributed by atoms with Crippen LogP contribution in [0.1, 0.15) is 26.3 Å². The molecule has 0 bridgehead atoms. The van der Waals surface area contributed by atoms with E-state index in [4.69, 9.17) is 4.74 Å². The Balaban J connectivity index is 2.44. The number of benzene rings is 2. The van der Waals surface area contributed by atoms with Crippen LogP contribution < -0.4 is 14.4 Å². The van der Waals surface area contributed by atoms with Gasteiger partial charge in [0.2, 0.25) is 21.8 Å². The van der Waals surface area contributed by atoms with E-state index in [1.807, 2.05) is 0 Å². The van der Waals surface area contributed by atoms with Crippen molar-refractivity contribution in [3.8, 4) is 5.75 Å². The van der Waals surface area contributed by atoms with Gasteiger partial charge in [0.25, 0.3) is 0 Å². The fourth-order valence-electron chi connectivity index (χ4n) is 3.23. The molecule has 0 aliphatic carbocycles. The van der Waals surface area contributed by atoms with Crippen LogP contribution in [0, 0.1) is 5.82 Å². The Bertz CT molecular complexity index is 1090. The lowest BCUT2D eigenvalue weighted by atomic mass is 10.1. The standard InChI is InChI=1S/C23H30FN3O5S/c1-16(2)25-23(29)17(3)26(14-18-10-6-7-11-19(18)24)22(28)15-27(33(5,30)31)20-12-8-9-13-21(20)32-4/h6-13,16-17H,14-15H2,1-5H3,(H,25,29). The van der Waals surface area contributed by atoms with Crippen molar-refractivity contribution < 1.29 is 27.1 Å². The Morgan fingerprint density at radius 3 is 2.24 bits per heavy atom. The van der Waals surface area contributed by atoms with Crippen LogP contribution in [0.2, 0.25) is 0 Å². The third-order valence-electron chi connectivity index (χ3n) is 4.93. The fourth-order valence-corrected chi connectivity index (χ4v) is 4.08. The minimum atomic E-state index is -3.89. The van der Waals surface area contributed by atoms with Gasteiger partial charge in [-0.1, -0.05) is 30.3 Å². The van der Waals surface area contributed by atoms with Crippen LogP contribution in [0.4, 0.5) is 10.1 Å². The van der Waals surface area contributed by atoms with Crippen molar-refractivity contribution in [1.29, 1.82) is 0 Å². The van der Waals surface area contributed by atoms with E-state index >= 15 is 0 Å². The summed E-state index contributed by atoms with van der Waals surface area (Å²) in [7, 11) is -2.50. The minimum absolute atomic E-state index is 0.175. The molecule has 33 heavy (non-hydrogen) atoms. The third-order valence-corrected chi connectivity index (χ3v) is 6.06. The number of anilines is 1. The first-order valence-corrected chi connectivity index (χ1v) is 12.2. The van der Waals surface area contributed by atoms with Crippen molar-refractivity contribution in [2.45, 2.75) is 39.4 Å².